The van der Waals surface area contributed by atoms with E-state index in [4.69, 9.17) is 0 Å². The van der Waals surface area contributed by atoms with E-state index >= 15 is 0 Å². The van der Waals surface area contributed by atoms with Crippen LogP contribution in [0.2, 0.25) is 0 Å². The predicted molar refractivity (Wildman–Crippen MR) is 104 cm³/mol. The Labute approximate surface area is 158 Å². The average molecular weight is 378 g/mol. The number of aliphatic hydroxyl groups excluding tert-OH is 4. The molecule has 2 aromatic rings. The van der Waals surface area contributed by atoms with Crippen LogP contribution in [0.1, 0.15) is 25.7 Å². The normalized spacial score (nSPS) is 26.5. The first-order valence-electron chi connectivity index (χ1n) is 9.66. The van der Waals surface area contributed by atoms with Gasteiger partial charge in [0.05, 0.1) is 36.1 Å². The number of likely N-dealkylation sites (tertiary alicyclic amines) is 1. The Balaban J connectivity index is 1.32. The Bertz CT molecular complexity index is 710. The summed E-state index contributed by atoms with van der Waals surface area (Å²) in [5, 5.41) is 42.4. The number of benzene rings is 1. The van der Waals surface area contributed by atoms with E-state index in [0.717, 1.165) is 48.9 Å². The van der Waals surface area contributed by atoms with Crippen molar-refractivity contribution in [2.24, 2.45) is 0 Å². The topological polar surface area (TPSA) is 125 Å². The zero-order chi connectivity index (χ0) is 19.2. The van der Waals surface area contributed by atoms with Crippen LogP contribution in [0.25, 0.3) is 11.0 Å². The fourth-order valence-corrected chi connectivity index (χ4v) is 3.71. The first kappa shape index (κ1) is 20.0. The Morgan fingerprint density at radius 3 is 2.74 bits per heavy atom. The molecule has 27 heavy (non-hydrogen) atoms. The van der Waals surface area contributed by atoms with E-state index in [1.54, 1.807) is 6.33 Å². The number of β-amino-alcohol motifs (C(OH)–C–C–N with tert-alkyl or cyclic N) is 1. The number of aliphatic hydroxyl groups is 4. The fourth-order valence-electron chi connectivity index (χ4n) is 3.71. The van der Waals surface area contributed by atoms with Gasteiger partial charge in [-0.3, -0.25) is 4.90 Å². The molecule has 0 amide bonds. The van der Waals surface area contributed by atoms with Crippen LogP contribution < -0.4 is 5.32 Å². The Kier molecular flexibility index (Phi) is 7.03. The first-order valence-corrected chi connectivity index (χ1v) is 9.66. The molecular weight excluding hydrogens is 348 g/mol. The quantitative estimate of drug-likeness (QED) is 0.347. The molecule has 1 aliphatic heterocycles. The van der Waals surface area contributed by atoms with Crippen LogP contribution in [0.5, 0.6) is 0 Å². The zero-order valence-electron chi connectivity index (χ0n) is 15.5. The summed E-state index contributed by atoms with van der Waals surface area (Å²) in [6.45, 7) is 1.64. The lowest BCUT2D eigenvalue weighted by Crippen LogP contribution is -2.62. The fraction of sp³-hybridized carbons (Fsp3) is 0.632. The van der Waals surface area contributed by atoms with Gasteiger partial charge in [0.25, 0.3) is 0 Å². The molecule has 150 valence electrons. The molecular formula is C19H30N4O4. The van der Waals surface area contributed by atoms with E-state index in [1.165, 1.54) is 0 Å². The summed E-state index contributed by atoms with van der Waals surface area (Å²) < 4.78 is 0. The molecule has 0 bridgehead atoms. The molecule has 3 rings (SSSR count). The summed E-state index contributed by atoms with van der Waals surface area (Å²) in [7, 11) is 0. The molecule has 1 fully saturated rings. The van der Waals surface area contributed by atoms with Crippen LogP contribution in [0.15, 0.2) is 24.5 Å². The highest BCUT2D eigenvalue weighted by atomic mass is 16.4. The van der Waals surface area contributed by atoms with E-state index in [0.29, 0.717) is 6.54 Å². The third kappa shape index (κ3) is 4.97. The third-order valence-corrected chi connectivity index (χ3v) is 5.34. The molecule has 0 saturated carbocycles. The Morgan fingerprint density at radius 2 is 1.93 bits per heavy atom. The number of unbranched alkanes of at least 4 members (excludes halogenated alkanes) is 3. The lowest BCUT2D eigenvalue weighted by Gasteiger charge is -2.43. The van der Waals surface area contributed by atoms with Gasteiger partial charge in [-0.1, -0.05) is 12.8 Å². The number of rotatable bonds is 9. The van der Waals surface area contributed by atoms with Gasteiger partial charge in [-0.25, -0.2) is 4.98 Å². The van der Waals surface area contributed by atoms with Crippen LogP contribution in [0.3, 0.4) is 0 Å². The van der Waals surface area contributed by atoms with Gasteiger partial charge in [-0.05, 0) is 37.6 Å². The van der Waals surface area contributed by atoms with Gasteiger partial charge in [-0.2, -0.15) is 0 Å². The van der Waals surface area contributed by atoms with Crippen molar-refractivity contribution in [1.82, 2.24) is 14.9 Å². The van der Waals surface area contributed by atoms with Crippen LogP contribution in [0.4, 0.5) is 5.69 Å². The lowest BCUT2D eigenvalue weighted by molar-refractivity contribution is -0.145. The molecule has 1 aromatic heterocycles. The molecule has 4 atom stereocenters. The lowest BCUT2D eigenvalue weighted by atomic mass is 9.94. The summed E-state index contributed by atoms with van der Waals surface area (Å²) >= 11 is 0. The number of imidazole rings is 1. The van der Waals surface area contributed by atoms with Crippen LogP contribution >= 0.6 is 0 Å². The van der Waals surface area contributed by atoms with Crippen LogP contribution in [-0.4, -0.2) is 85.9 Å². The first-order chi connectivity index (χ1) is 13.1. The second kappa shape index (κ2) is 9.48. The molecule has 0 aliphatic carbocycles. The minimum atomic E-state index is -1.19. The minimum Gasteiger partial charge on any atom is -0.395 e. The summed E-state index contributed by atoms with van der Waals surface area (Å²) in [6, 6.07) is 5.56. The highest BCUT2D eigenvalue weighted by molar-refractivity contribution is 5.78. The van der Waals surface area contributed by atoms with E-state index < -0.39 is 24.4 Å². The largest absolute Gasteiger partial charge is 0.395 e. The number of nitrogens with one attached hydrogen (secondary N) is 2. The van der Waals surface area contributed by atoms with E-state index in [1.807, 2.05) is 17.0 Å². The Morgan fingerprint density at radius 1 is 1.11 bits per heavy atom. The van der Waals surface area contributed by atoms with Crippen molar-refractivity contribution in [3.05, 3.63) is 24.5 Å². The second-order valence-corrected chi connectivity index (χ2v) is 7.27. The molecule has 6 N–H and O–H groups in total. The van der Waals surface area contributed by atoms with Gasteiger partial charge in [0.2, 0.25) is 0 Å². The van der Waals surface area contributed by atoms with E-state index in [9.17, 15) is 20.4 Å². The van der Waals surface area contributed by atoms with Crippen LogP contribution in [-0.2, 0) is 0 Å². The molecule has 8 heteroatoms. The summed E-state index contributed by atoms with van der Waals surface area (Å²) in [4.78, 5) is 9.18. The number of anilines is 1. The molecule has 1 saturated heterocycles. The van der Waals surface area contributed by atoms with Gasteiger partial charge in [0.15, 0.2) is 0 Å². The minimum absolute atomic E-state index is 0.227. The number of piperidine rings is 1. The number of hydrogen-bond donors (Lipinski definition) is 6. The Hall–Kier alpha value is -1.71. The summed E-state index contributed by atoms with van der Waals surface area (Å²) in [5.41, 5.74) is 3.06. The van der Waals surface area contributed by atoms with Gasteiger partial charge < -0.3 is 30.7 Å². The molecule has 0 spiro atoms. The molecule has 0 unspecified atom stereocenters. The van der Waals surface area contributed by atoms with Crippen LogP contribution in [0, 0.1) is 0 Å². The van der Waals surface area contributed by atoms with Crippen molar-refractivity contribution < 1.29 is 20.4 Å². The maximum Gasteiger partial charge on any atom is 0.109 e. The molecule has 8 nitrogen and oxygen atoms in total. The summed E-state index contributed by atoms with van der Waals surface area (Å²) in [6.07, 6.45) is 2.49. The van der Waals surface area contributed by atoms with Gasteiger partial charge in [0, 0.05) is 18.8 Å². The zero-order valence-corrected chi connectivity index (χ0v) is 15.5. The molecule has 2 heterocycles. The van der Waals surface area contributed by atoms with Gasteiger partial charge >= 0.3 is 0 Å². The summed E-state index contributed by atoms with van der Waals surface area (Å²) in [5.74, 6) is 0. The number of fused-ring (bicyclic) bond motifs is 1. The maximum atomic E-state index is 9.99. The predicted octanol–water partition coefficient (Wildman–Crippen LogP) is 0.294. The average Bonchev–Trinajstić information content (AvgIpc) is 3.13. The maximum absolute atomic E-state index is 9.99. The SMILES string of the molecule is OC[C@@H]1[C@@H](O)[C@H](O)[C@@H](O)CN1CCCCCCNc1ccc2nc[nH]c2c1. The highest BCUT2D eigenvalue weighted by Crippen LogP contribution is 2.20. The van der Waals surface area contributed by atoms with E-state index in [2.05, 4.69) is 21.4 Å². The monoisotopic (exact) mass is 378 g/mol. The third-order valence-electron chi connectivity index (χ3n) is 5.34. The number of aromatic amines is 1. The molecule has 1 aromatic carbocycles. The second-order valence-electron chi connectivity index (χ2n) is 7.27. The van der Waals surface area contributed by atoms with Crippen molar-refractivity contribution in [2.75, 3.05) is 31.6 Å². The number of aromatic nitrogens is 2. The van der Waals surface area contributed by atoms with Crippen molar-refractivity contribution in [1.29, 1.82) is 0 Å². The molecule has 0 radical (unpaired) electrons. The number of hydrogen-bond acceptors (Lipinski definition) is 7. The standard InChI is InChI=1S/C19H30N4O4/c24-11-16-18(26)19(27)17(25)10-23(16)8-4-2-1-3-7-20-13-5-6-14-15(9-13)22-12-21-14/h5-6,9,12,16-20,24-27H,1-4,7-8,10-11H2,(H,21,22)/t16-,17+,18-,19-/m1/s1. The van der Waals surface area contributed by atoms with Crippen molar-refractivity contribution >= 4 is 16.7 Å². The number of H-pyrrole nitrogens is 1. The molecule has 1 aliphatic rings. The van der Waals surface area contributed by atoms with E-state index in [-0.39, 0.29) is 13.2 Å². The van der Waals surface area contributed by atoms with Gasteiger partial charge in [0.1, 0.15) is 12.2 Å². The van der Waals surface area contributed by atoms with Crippen molar-refractivity contribution in [2.45, 2.75) is 50.0 Å². The smallest absolute Gasteiger partial charge is 0.109 e. The van der Waals surface area contributed by atoms with Crippen molar-refractivity contribution in [3.63, 3.8) is 0 Å². The number of nitrogens with zero attached hydrogens (tertiary/aromatic N) is 2. The highest BCUT2D eigenvalue weighted by Gasteiger charge is 2.40. The van der Waals surface area contributed by atoms with Gasteiger partial charge in [-0.15, -0.1) is 0 Å². The van der Waals surface area contributed by atoms with Crippen molar-refractivity contribution in [3.8, 4) is 0 Å².